The van der Waals surface area contributed by atoms with Crippen LogP contribution in [0.1, 0.15) is 13.8 Å². The molecule has 0 spiro atoms. The first-order chi connectivity index (χ1) is 9.47. The Morgan fingerprint density at radius 3 is 2.60 bits per heavy atom. The van der Waals surface area contributed by atoms with Gasteiger partial charge in [-0.1, -0.05) is 0 Å². The summed E-state index contributed by atoms with van der Waals surface area (Å²) in [6.45, 7) is 7.06. The summed E-state index contributed by atoms with van der Waals surface area (Å²) >= 11 is 0. The van der Waals surface area contributed by atoms with Gasteiger partial charge in [0.05, 0.1) is 6.04 Å². The summed E-state index contributed by atoms with van der Waals surface area (Å²) in [6.07, 6.45) is 0. The van der Waals surface area contributed by atoms with Gasteiger partial charge in [0.2, 0.25) is 5.91 Å². The molecule has 0 radical (unpaired) electrons. The van der Waals surface area contributed by atoms with Crippen LogP contribution in [0.3, 0.4) is 0 Å². The van der Waals surface area contributed by atoms with Crippen LogP contribution in [0.4, 0.5) is 11.4 Å². The molecule has 0 bridgehead atoms. The summed E-state index contributed by atoms with van der Waals surface area (Å²) in [5.74, 6) is 0.0335. The van der Waals surface area contributed by atoms with Gasteiger partial charge in [0.15, 0.2) is 0 Å². The van der Waals surface area contributed by atoms with Crippen molar-refractivity contribution in [3.05, 3.63) is 24.3 Å². The second-order valence-corrected chi connectivity index (χ2v) is 5.64. The summed E-state index contributed by atoms with van der Waals surface area (Å²) in [5.41, 5.74) is 7.13. The fourth-order valence-electron chi connectivity index (χ4n) is 2.69. The van der Waals surface area contributed by atoms with Gasteiger partial charge in [0.25, 0.3) is 0 Å². The van der Waals surface area contributed by atoms with Crippen LogP contribution in [0, 0.1) is 0 Å². The van der Waals surface area contributed by atoms with Crippen molar-refractivity contribution in [3.63, 3.8) is 0 Å². The number of nitrogens with one attached hydrogen (secondary N) is 1. The lowest BCUT2D eigenvalue weighted by atomic mass is 10.1. The molecule has 1 amide bonds. The number of amides is 1. The van der Waals surface area contributed by atoms with E-state index in [9.17, 15) is 4.79 Å². The van der Waals surface area contributed by atoms with Crippen LogP contribution in [0.2, 0.25) is 0 Å². The number of carbonyl (C=O) groups is 1. The van der Waals surface area contributed by atoms with Crippen molar-refractivity contribution in [3.8, 4) is 0 Å². The first-order valence-electron chi connectivity index (χ1n) is 7.08. The van der Waals surface area contributed by atoms with Crippen LogP contribution in [0.15, 0.2) is 24.3 Å². The lowest BCUT2D eigenvalue weighted by Crippen LogP contribution is -2.56. The highest BCUT2D eigenvalue weighted by Crippen LogP contribution is 2.15. The average molecular weight is 276 g/mol. The maximum atomic E-state index is 12.3. The largest absolute Gasteiger partial charge is 0.399 e. The Hall–Kier alpha value is -1.59. The Kier molecular flexibility index (Phi) is 4.62. The highest BCUT2D eigenvalue weighted by Gasteiger charge is 2.29. The maximum absolute atomic E-state index is 12.3. The first kappa shape index (κ1) is 14.8. The van der Waals surface area contributed by atoms with Gasteiger partial charge in [-0.3, -0.25) is 9.69 Å². The van der Waals surface area contributed by atoms with Gasteiger partial charge in [-0.2, -0.15) is 0 Å². The SMILES string of the molecule is CC1CN(C)CCN1C(C)C(=O)Nc1ccc(N)cc1. The zero-order valence-electron chi connectivity index (χ0n) is 12.5. The predicted molar refractivity (Wildman–Crippen MR) is 82.6 cm³/mol. The smallest absolute Gasteiger partial charge is 0.241 e. The summed E-state index contributed by atoms with van der Waals surface area (Å²) in [4.78, 5) is 16.9. The second-order valence-electron chi connectivity index (χ2n) is 5.64. The Morgan fingerprint density at radius 1 is 1.35 bits per heavy atom. The number of likely N-dealkylation sites (N-methyl/N-ethyl adjacent to an activating group) is 1. The highest BCUT2D eigenvalue weighted by molar-refractivity contribution is 5.94. The van der Waals surface area contributed by atoms with Crippen LogP contribution in [-0.2, 0) is 4.79 Å². The molecule has 2 rings (SSSR count). The Balaban J connectivity index is 1.96. The van der Waals surface area contributed by atoms with Crippen molar-refractivity contribution in [1.29, 1.82) is 0 Å². The van der Waals surface area contributed by atoms with E-state index in [4.69, 9.17) is 5.73 Å². The molecule has 0 aliphatic carbocycles. The number of benzene rings is 1. The van der Waals surface area contributed by atoms with Gasteiger partial charge < -0.3 is 16.0 Å². The third kappa shape index (κ3) is 3.49. The number of rotatable bonds is 3. The number of anilines is 2. The molecule has 20 heavy (non-hydrogen) atoms. The molecule has 1 aliphatic rings. The van der Waals surface area contributed by atoms with E-state index in [1.807, 2.05) is 19.1 Å². The van der Waals surface area contributed by atoms with E-state index in [-0.39, 0.29) is 11.9 Å². The number of nitrogen functional groups attached to an aromatic ring is 1. The molecule has 110 valence electrons. The van der Waals surface area contributed by atoms with Crippen molar-refractivity contribution >= 4 is 17.3 Å². The van der Waals surface area contributed by atoms with Crippen LogP contribution in [-0.4, -0.2) is 54.5 Å². The normalized spacial score (nSPS) is 22.4. The van der Waals surface area contributed by atoms with Crippen LogP contribution < -0.4 is 11.1 Å². The van der Waals surface area contributed by atoms with Crippen LogP contribution in [0.25, 0.3) is 0 Å². The molecule has 0 aromatic heterocycles. The standard InChI is InChI=1S/C15H24N4O/c1-11-10-18(3)8-9-19(11)12(2)15(20)17-14-6-4-13(16)5-7-14/h4-7,11-12H,8-10,16H2,1-3H3,(H,17,20). The summed E-state index contributed by atoms with van der Waals surface area (Å²) < 4.78 is 0. The Bertz CT molecular complexity index is 459. The summed E-state index contributed by atoms with van der Waals surface area (Å²) in [7, 11) is 2.12. The van der Waals surface area contributed by atoms with Gasteiger partial charge in [0, 0.05) is 37.1 Å². The number of hydrogen-bond acceptors (Lipinski definition) is 4. The molecule has 5 nitrogen and oxygen atoms in total. The molecule has 1 aromatic carbocycles. The fraction of sp³-hybridized carbons (Fsp3) is 0.533. The second kappa shape index (κ2) is 6.24. The van der Waals surface area contributed by atoms with E-state index >= 15 is 0 Å². The third-order valence-corrected chi connectivity index (χ3v) is 3.94. The zero-order chi connectivity index (χ0) is 14.7. The quantitative estimate of drug-likeness (QED) is 0.815. The molecule has 5 heteroatoms. The number of nitrogens with two attached hydrogens (primary N) is 1. The molecular formula is C15H24N4O. The van der Waals surface area contributed by atoms with Gasteiger partial charge in [-0.25, -0.2) is 0 Å². The van der Waals surface area contributed by atoms with E-state index in [2.05, 4.69) is 29.1 Å². The minimum atomic E-state index is -0.128. The Labute approximate surface area is 120 Å². The van der Waals surface area contributed by atoms with Crippen molar-refractivity contribution in [1.82, 2.24) is 9.80 Å². The molecule has 1 fully saturated rings. The van der Waals surface area contributed by atoms with E-state index in [0.717, 1.165) is 25.3 Å². The van der Waals surface area contributed by atoms with E-state index in [1.54, 1.807) is 12.1 Å². The van der Waals surface area contributed by atoms with Crippen molar-refractivity contribution < 1.29 is 4.79 Å². The minimum Gasteiger partial charge on any atom is -0.399 e. The predicted octanol–water partition coefficient (Wildman–Crippen LogP) is 1.23. The monoisotopic (exact) mass is 276 g/mol. The third-order valence-electron chi connectivity index (χ3n) is 3.94. The molecule has 1 heterocycles. The average Bonchev–Trinajstić information content (AvgIpc) is 2.40. The van der Waals surface area contributed by atoms with Crippen LogP contribution >= 0.6 is 0 Å². The van der Waals surface area contributed by atoms with Gasteiger partial charge >= 0.3 is 0 Å². The van der Waals surface area contributed by atoms with Crippen molar-refractivity contribution in [2.45, 2.75) is 25.9 Å². The van der Waals surface area contributed by atoms with E-state index < -0.39 is 0 Å². The van der Waals surface area contributed by atoms with E-state index in [1.165, 1.54) is 0 Å². The number of hydrogen-bond donors (Lipinski definition) is 2. The molecule has 0 saturated carbocycles. The van der Waals surface area contributed by atoms with Crippen molar-refractivity contribution in [2.75, 3.05) is 37.7 Å². The number of piperazine rings is 1. The van der Waals surface area contributed by atoms with Gasteiger partial charge in [0.1, 0.15) is 0 Å². The molecule has 3 N–H and O–H groups in total. The molecule has 2 unspecified atom stereocenters. The number of carbonyl (C=O) groups excluding carboxylic acids is 1. The van der Waals surface area contributed by atoms with Gasteiger partial charge in [-0.15, -0.1) is 0 Å². The molecule has 1 saturated heterocycles. The first-order valence-corrected chi connectivity index (χ1v) is 7.08. The van der Waals surface area contributed by atoms with E-state index in [0.29, 0.717) is 11.7 Å². The lowest BCUT2D eigenvalue weighted by molar-refractivity contribution is -0.122. The topological polar surface area (TPSA) is 61.6 Å². The Morgan fingerprint density at radius 2 is 2.00 bits per heavy atom. The fourth-order valence-corrected chi connectivity index (χ4v) is 2.69. The highest BCUT2D eigenvalue weighted by atomic mass is 16.2. The molecular weight excluding hydrogens is 252 g/mol. The van der Waals surface area contributed by atoms with Crippen molar-refractivity contribution in [2.24, 2.45) is 0 Å². The zero-order valence-corrected chi connectivity index (χ0v) is 12.5. The lowest BCUT2D eigenvalue weighted by Gasteiger charge is -2.41. The summed E-state index contributed by atoms with van der Waals surface area (Å²) in [6, 6.07) is 7.50. The molecule has 1 aromatic rings. The maximum Gasteiger partial charge on any atom is 0.241 e. The van der Waals surface area contributed by atoms with Crippen LogP contribution in [0.5, 0.6) is 0 Å². The van der Waals surface area contributed by atoms with Gasteiger partial charge in [-0.05, 0) is 45.2 Å². The molecule has 1 aliphatic heterocycles. The summed E-state index contributed by atoms with van der Waals surface area (Å²) in [5, 5.41) is 2.95. The molecule has 2 atom stereocenters. The number of nitrogens with zero attached hydrogens (tertiary/aromatic N) is 2. The minimum absolute atomic E-state index is 0.0335.